The fourth-order valence-corrected chi connectivity index (χ4v) is 4.64. The highest BCUT2D eigenvalue weighted by molar-refractivity contribution is 7.87. The van der Waals surface area contributed by atoms with E-state index in [0.717, 1.165) is 31.6 Å². The zero-order valence-corrected chi connectivity index (χ0v) is 20.3. The van der Waals surface area contributed by atoms with Gasteiger partial charge in [-0.25, -0.2) is 0 Å². The Hall–Kier alpha value is -3.07. The lowest BCUT2D eigenvalue weighted by molar-refractivity contribution is -0.130. The van der Waals surface area contributed by atoms with Crippen molar-refractivity contribution in [3.8, 4) is 5.75 Å². The van der Waals surface area contributed by atoms with Crippen LogP contribution in [-0.4, -0.2) is 44.3 Å². The number of nitrogens with one attached hydrogen (secondary N) is 1. The molecular formula is C24H31N3O5S. The topological polar surface area (TPSA) is 96.0 Å². The molecule has 2 aromatic carbocycles. The number of carbonyl (C=O) groups is 2. The summed E-state index contributed by atoms with van der Waals surface area (Å²) in [5.41, 5.74) is 1.97. The van der Waals surface area contributed by atoms with Gasteiger partial charge in [-0.15, -0.1) is 0 Å². The van der Waals surface area contributed by atoms with Gasteiger partial charge in [0, 0.05) is 62.5 Å². The quantitative estimate of drug-likeness (QED) is 0.528. The van der Waals surface area contributed by atoms with Crippen LogP contribution in [0.2, 0.25) is 0 Å². The third-order valence-electron chi connectivity index (χ3n) is 5.57. The number of hydrogen-bond donors (Lipinski definition) is 1. The normalized spacial score (nSPS) is 13.3. The Morgan fingerprint density at radius 2 is 1.67 bits per heavy atom. The van der Waals surface area contributed by atoms with Crippen LogP contribution >= 0.6 is 0 Å². The fraction of sp³-hybridized carbons (Fsp3) is 0.417. The van der Waals surface area contributed by atoms with Crippen molar-refractivity contribution in [1.82, 2.24) is 4.90 Å². The first kappa shape index (κ1) is 24.6. The second kappa shape index (κ2) is 10.2. The standard InChI is InChI=1S/C24H31N3O5S/c1-5-26(6-2)22-10-7-19(16-27(18(4)29)21-11-12-21)24(15-22)32-33(30,31)23-13-8-20(9-14-23)25-17(3)28/h7-10,13-15,21H,5-6,11-12,16H2,1-4H3,(H,25,28). The van der Waals surface area contributed by atoms with Crippen LogP contribution in [-0.2, 0) is 26.3 Å². The molecule has 9 heteroatoms. The van der Waals surface area contributed by atoms with Crippen LogP contribution < -0.4 is 14.4 Å². The van der Waals surface area contributed by atoms with E-state index in [9.17, 15) is 18.0 Å². The van der Waals surface area contributed by atoms with Gasteiger partial charge in [-0.3, -0.25) is 9.59 Å². The second-order valence-corrected chi connectivity index (χ2v) is 9.63. The van der Waals surface area contributed by atoms with Crippen molar-refractivity contribution >= 4 is 33.3 Å². The SMILES string of the molecule is CCN(CC)c1ccc(CN(C(C)=O)C2CC2)c(OS(=O)(=O)c2ccc(NC(C)=O)cc2)c1. The van der Waals surface area contributed by atoms with E-state index in [2.05, 4.69) is 10.2 Å². The number of benzene rings is 2. The summed E-state index contributed by atoms with van der Waals surface area (Å²) >= 11 is 0. The number of nitrogens with zero attached hydrogens (tertiary/aromatic N) is 2. The summed E-state index contributed by atoms with van der Waals surface area (Å²) in [4.78, 5) is 27.2. The molecule has 2 aromatic rings. The Kier molecular flexibility index (Phi) is 7.63. The molecule has 2 amide bonds. The summed E-state index contributed by atoms with van der Waals surface area (Å²) < 4.78 is 31.8. The van der Waals surface area contributed by atoms with Crippen LogP contribution in [0, 0.1) is 0 Å². The van der Waals surface area contributed by atoms with Gasteiger partial charge in [0.1, 0.15) is 10.6 Å². The highest BCUT2D eigenvalue weighted by Gasteiger charge is 2.32. The minimum Gasteiger partial charge on any atom is -0.379 e. The molecule has 1 N–H and O–H groups in total. The first-order chi connectivity index (χ1) is 15.6. The summed E-state index contributed by atoms with van der Waals surface area (Å²) in [5, 5.41) is 2.61. The molecule has 0 bridgehead atoms. The van der Waals surface area contributed by atoms with Gasteiger partial charge >= 0.3 is 10.1 Å². The van der Waals surface area contributed by atoms with Gasteiger partial charge in [0.25, 0.3) is 0 Å². The van der Waals surface area contributed by atoms with Crippen LogP contribution in [0.3, 0.4) is 0 Å². The molecule has 3 rings (SSSR count). The van der Waals surface area contributed by atoms with Crippen LogP contribution in [0.4, 0.5) is 11.4 Å². The fourth-order valence-electron chi connectivity index (χ4n) is 3.68. The van der Waals surface area contributed by atoms with E-state index in [-0.39, 0.29) is 35.0 Å². The average molecular weight is 474 g/mol. The average Bonchev–Trinajstić information content (AvgIpc) is 3.58. The Morgan fingerprint density at radius 3 is 2.18 bits per heavy atom. The lowest BCUT2D eigenvalue weighted by Gasteiger charge is -2.25. The molecule has 0 spiro atoms. The van der Waals surface area contributed by atoms with Crippen LogP contribution in [0.1, 0.15) is 46.1 Å². The molecule has 1 aliphatic carbocycles. The molecule has 0 aromatic heterocycles. The Bertz CT molecular complexity index is 1110. The predicted molar refractivity (Wildman–Crippen MR) is 128 cm³/mol. The van der Waals surface area contributed by atoms with Crippen LogP contribution in [0.5, 0.6) is 5.75 Å². The molecule has 1 aliphatic rings. The van der Waals surface area contributed by atoms with Gasteiger partial charge < -0.3 is 19.3 Å². The number of rotatable bonds is 10. The number of amides is 2. The molecule has 1 fully saturated rings. The summed E-state index contributed by atoms with van der Waals surface area (Å²) in [6.07, 6.45) is 1.90. The zero-order valence-electron chi connectivity index (χ0n) is 19.5. The van der Waals surface area contributed by atoms with E-state index in [1.54, 1.807) is 11.0 Å². The van der Waals surface area contributed by atoms with Gasteiger partial charge in [0.05, 0.1) is 0 Å². The van der Waals surface area contributed by atoms with Gasteiger partial charge in [0.15, 0.2) is 0 Å². The lowest BCUT2D eigenvalue weighted by Crippen LogP contribution is -2.30. The molecule has 0 radical (unpaired) electrons. The largest absolute Gasteiger partial charge is 0.379 e. The van der Waals surface area contributed by atoms with Crippen molar-refractivity contribution in [2.45, 2.75) is 58.0 Å². The summed E-state index contributed by atoms with van der Waals surface area (Å²) in [6, 6.07) is 11.5. The van der Waals surface area contributed by atoms with Crippen molar-refractivity contribution in [1.29, 1.82) is 0 Å². The molecule has 178 valence electrons. The molecule has 1 saturated carbocycles. The maximum atomic E-state index is 13.1. The zero-order chi connectivity index (χ0) is 24.2. The van der Waals surface area contributed by atoms with E-state index >= 15 is 0 Å². The molecule has 0 unspecified atom stereocenters. The number of hydrogen-bond acceptors (Lipinski definition) is 6. The maximum absolute atomic E-state index is 13.1. The smallest absolute Gasteiger partial charge is 0.339 e. The van der Waals surface area contributed by atoms with E-state index in [1.165, 1.54) is 38.1 Å². The van der Waals surface area contributed by atoms with Crippen LogP contribution in [0.25, 0.3) is 0 Å². The third kappa shape index (κ3) is 6.25. The highest BCUT2D eigenvalue weighted by Crippen LogP contribution is 2.33. The van der Waals surface area contributed by atoms with Crippen molar-refractivity contribution in [3.63, 3.8) is 0 Å². The number of anilines is 2. The van der Waals surface area contributed by atoms with Crippen molar-refractivity contribution in [2.75, 3.05) is 23.3 Å². The Morgan fingerprint density at radius 1 is 1.03 bits per heavy atom. The van der Waals surface area contributed by atoms with Gasteiger partial charge in [-0.2, -0.15) is 8.42 Å². The predicted octanol–water partition coefficient (Wildman–Crippen LogP) is 3.77. The van der Waals surface area contributed by atoms with E-state index in [4.69, 9.17) is 4.18 Å². The van der Waals surface area contributed by atoms with Crippen molar-refractivity contribution in [2.24, 2.45) is 0 Å². The minimum absolute atomic E-state index is 0.0265. The highest BCUT2D eigenvalue weighted by atomic mass is 32.2. The summed E-state index contributed by atoms with van der Waals surface area (Å²) in [5.74, 6) is -0.0877. The van der Waals surface area contributed by atoms with Gasteiger partial charge in [-0.1, -0.05) is 6.07 Å². The maximum Gasteiger partial charge on any atom is 0.339 e. The molecule has 0 heterocycles. The third-order valence-corrected chi connectivity index (χ3v) is 6.82. The van der Waals surface area contributed by atoms with Crippen molar-refractivity contribution in [3.05, 3.63) is 48.0 Å². The van der Waals surface area contributed by atoms with E-state index < -0.39 is 10.1 Å². The Labute approximate surface area is 195 Å². The second-order valence-electron chi connectivity index (χ2n) is 8.09. The summed E-state index contributed by atoms with van der Waals surface area (Å²) in [7, 11) is -4.13. The van der Waals surface area contributed by atoms with E-state index in [0.29, 0.717) is 11.3 Å². The van der Waals surface area contributed by atoms with Gasteiger partial charge in [-0.05, 0) is 57.0 Å². The number of carbonyl (C=O) groups excluding carboxylic acids is 2. The van der Waals surface area contributed by atoms with Gasteiger partial charge in [0.2, 0.25) is 11.8 Å². The first-order valence-corrected chi connectivity index (χ1v) is 12.5. The monoisotopic (exact) mass is 473 g/mol. The molecule has 0 atom stereocenters. The summed E-state index contributed by atoms with van der Waals surface area (Å²) in [6.45, 7) is 8.75. The van der Waals surface area contributed by atoms with Crippen LogP contribution in [0.15, 0.2) is 47.4 Å². The van der Waals surface area contributed by atoms with E-state index in [1.807, 2.05) is 26.0 Å². The molecule has 33 heavy (non-hydrogen) atoms. The van der Waals surface area contributed by atoms with Crippen molar-refractivity contribution < 1.29 is 22.2 Å². The lowest BCUT2D eigenvalue weighted by atomic mass is 10.1. The molecular weight excluding hydrogens is 442 g/mol. The first-order valence-electron chi connectivity index (χ1n) is 11.1. The Balaban J connectivity index is 1.94. The molecule has 8 nitrogen and oxygen atoms in total. The molecule has 0 saturated heterocycles. The minimum atomic E-state index is -4.13. The molecule has 0 aliphatic heterocycles.